The van der Waals surface area contributed by atoms with Gasteiger partial charge in [0.25, 0.3) is 0 Å². The van der Waals surface area contributed by atoms with Gasteiger partial charge in [-0.25, -0.2) is 22.3 Å². The zero-order chi connectivity index (χ0) is 19.0. The number of rotatable bonds is 12. The summed E-state index contributed by atoms with van der Waals surface area (Å²) in [7, 11) is 0. The van der Waals surface area contributed by atoms with Crippen molar-refractivity contribution in [3.8, 4) is 0 Å². The number of unbranched alkanes of at least 4 members (excludes halogenated alkanes) is 4. The molecule has 0 fully saturated rings. The van der Waals surface area contributed by atoms with Gasteiger partial charge < -0.3 is 24.8 Å². The molecule has 0 atom stereocenters. The Labute approximate surface area is 213 Å². The molecule has 0 aliphatic heterocycles. The van der Waals surface area contributed by atoms with Crippen LogP contribution in [0.2, 0.25) is 0 Å². The third-order valence-corrected chi connectivity index (χ3v) is 5.33. The topological polar surface area (TPSA) is 0 Å². The molecular formula is C26H42Cl2Hf. The largest absolute Gasteiger partial charge is 4.00 e. The molecule has 0 spiro atoms. The van der Waals surface area contributed by atoms with Crippen molar-refractivity contribution in [2.24, 2.45) is 0 Å². The van der Waals surface area contributed by atoms with Crippen LogP contribution in [-0.4, -0.2) is 0 Å². The fourth-order valence-electron chi connectivity index (χ4n) is 3.54. The van der Waals surface area contributed by atoms with Crippen molar-refractivity contribution in [3.63, 3.8) is 0 Å². The Hall–Kier alpha value is 0.410. The molecule has 29 heavy (non-hydrogen) atoms. The summed E-state index contributed by atoms with van der Waals surface area (Å²) in [6.07, 6.45) is 29.3. The number of hydrogen-bond acceptors (Lipinski definition) is 0. The van der Waals surface area contributed by atoms with Gasteiger partial charge in [-0.15, -0.1) is 0 Å². The summed E-state index contributed by atoms with van der Waals surface area (Å²) in [5.74, 6) is 0. The third kappa shape index (κ3) is 14.9. The van der Waals surface area contributed by atoms with Crippen molar-refractivity contribution in [1.82, 2.24) is 0 Å². The standard InChI is InChI=1S/2C13H21.2ClH.Hf/c2*1-3-5-8-12-10-7-11-13(12)9-6-4-2;;;/h2*7H,3-6,8-10H2,1-2H3;2*1H;/q2*-1;;;+4/p-2. The van der Waals surface area contributed by atoms with Gasteiger partial charge in [-0.3, -0.25) is 12.2 Å². The first-order valence-electron chi connectivity index (χ1n) is 11.3. The Bertz CT molecular complexity index is 455. The Kier molecular flexibility index (Phi) is 27.1. The van der Waals surface area contributed by atoms with Crippen LogP contribution in [0.1, 0.15) is 118 Å². The zero-order valence-electron chi connectivity index (χ0n) is 19.3. The third-order valence-electron chi connectivity index (χ3n) is 5.33. The minimum atomic E-state index is 0. The predicted molar refractivity (Wildman–Crippen MR) is 117 cm³/mol. The Morgan fingerprint density at radius 2 is 0.897 bits per heavy atom. The van der Waals surface area contributed by atoms with Crippen LogP contribution in [0.15, 0.2) is 34.4 Å². The van der Waals surface area contributed by atoms with Crippen molar-refractivity contribution in [3.05, 3.63) is 46.6 Å². The zero-order valence-corrected chi connectivity index (χ0v) is 24.4. The van der Waals surface area contributed by atoms with Crippen LogP contribution in [0.3, 0.4) is 0 Å². The number of hydrogen-bond donors (Lipinski definition) is 0. The molecule has 0 unspecified atom stereocenters. The van der Waals surface area contributed by atoms with Gasteiger partial charge in [0.1, 0.15) is 0 Å². The summed E-state index contributed by atoms with van der Waals surface area (Å²) in [5, 5.41) is 0. The van der Waals surface area contributed by atoms with E-state index in [9.17, 15) is 0 Å². The molecule has 0 saturated heterocycles. The van der Waals surface area contributed by atoms with E-state index in [1.165, 1.54) is 101 Å². The van der Waals surface area contributed by atoms with E-state index in [-0.39, 0.29) is 50.7 Å². The maximum atomic E-state index is 3.41. The fourth-order valence-corrected chi connectivity index (χ4v) is 3.54. The Morgan fingerprint density at radius 1 is 0.586 bits per heavy atom. The van der Waals surface area contributed by atoms with Crippen molar-refractivity contribution < 1.29 is 50.7 Å². The molecule has 2 aliphatic carbocycles. The molecule has 0 aromatic rings. The van der Waals surface area contributed by atoms with Crippen LogP contribution in [-0.2, 0) is 25.8 Å². The van der Waals surface area contributed by atoms with Gasteiger partial charge in [-0.05, 0) is 0 Å². The first-order chi connectivity index (χ1) is 12.8. The van der Waals surface area contributed by atoms with Crippen molar-refractivity contribution >= 4 is 0 Å². The van der Waals surface area contributed by atoms with E-state index in [0.717, 1.165) is 0 Å². The summed E-state index contributed by atoms with van der Waals surface area (Å²) >= 11 is 0. The Balaban J connectivity index is -0.000000422. The number of allylic oxidation sites excluding steroid dienone is 8. The summed E-state index contributed by atoms with van der Waals surface area (Å²) in [5.41, 5.74) is 6.37. The molecule has 0 heterocycles. The predicted octanol–water partition coefficient (Wildman–Crippen LogP) is 2.86. The van der Waals surface area contributed by atoms with Crippen molar-refractivity contribution in [1.29, 1.82) is 0 Å². The van der Waals surface area contributed by atoms with Gasteiger partial charge in [0, 0.05) is 0 Å². The van der Waals surface area contributed by atoms with Crippen molar-refractivity contribution in [2.45, 2.75) is 118 Å². The molecule has 0 nitrogen and oxygen atoms in total. The van der Waals surface area contributed by atoms with Gasteiger partial charge in [0.05, 0.1) is 0 Å². The molecule has 2 aliphatic rings. The first kappa shape index (κ1) is 34.0. The molecule has 0 bridgehead atoms. The maximum absolute atomic E-state index is 3.41. The van der Waals surface area contributed by atoms with Gasteiger partial charge >= 0.3 is 25.8 Å². The molecule has 0 aromatic carbocycles. The van der Waals surface area contributed by atoms with E-state index in [1.807, 2.05) is 0 Å². The van der Waals surface area contributed by atoms with E-state index in [4.69, 9.17) is 0 Å². The molecule has 0 N–H and O–H groups in total. The average molecular weight is 604 g/mol. The SMILES string of the molecule is CCCCC1=C(CCCC)CC=[C-]1.CCCCC1=C(CCCC)CC=[C-]1.[Cl-].[Cl-].[Hf+4]. The quantitative estimate of drug-likeness (QED) is 0.238. The normalized spacial score (nSPS) is 14.2. The van der Waals surface area contributed by atoms with Crippen LogP contribution >= 0.6 is 0 Å². The minimum Gasteiger partial charge on any atom is -1.00 e. The molecular weight excluding hydrogens is 562 g/mol. The van der Waals surface area contributed by atoms with E-state index in [0.29, 0.717) is 0 Å². The molecule has 2 rings (SSSR count). The first-order valence-corrected chi connectivity index (χ1v) is 11.3. The van der Waals surface area contributed by atoms with E-state index >= 15 is 0 Å². The van der Waals surface area contributed by atoms with Crippen LogP contribution < -0.4 is 24.8 Å². The molecule has 3 heteroatoms. The van der Waals surface area contributed by atoms with Gasteiger partial charge in [0.15, 0.2) is 0 Å². The maximum Gasteiger partial charge on any atom is 4.00 e. The monoisotopic (exact) mass is 604 g/mol. The molecule has 0 saturated carbocycles. The average Bonchev–Trinajstić information content (AvgIpc) is 3.30. The second kappa shape index (κ2) is 23.1. The van der Waals surface area contributed by atoms with Crippen LogP contribution in [0.25, 0.3) is 0 Å². The second-order valence-electron chi connectivity index (χ2n) is 7.68. The fraction of sp³-hybridized carbons (Fsp3) is 0.692. The van der Waals surface area contributed by atoms with E-state index in [2.05, 4.69) is 52.0 Å². The minimum absolute atomic E-state index is 0. The number of halogens is 2. The molecule has 164 valence electrons. The smallest absolute Gasteiger partial charge is 1.00 e. The van der Waals surface area contributed by atoms with Crippen LogP contribution in [0.5, 0.6) is 0 Å². The van der Waals surface area contributed by atoms with Crippen LogP contribution in [0.4, 0.5) is 0 Å². The molecule has 0 amide bonds. The van der Waals surface area contributed by atoms with Gasteiger partial charge in [0.2, 0.25) is 0 Å². The summed E-state index contributed by atoms with van der Waals surface area (Å²) in [6.45, 7) is 9.03. The molecule has 0 aromatic heterocycles. The second-order valence-corrected chi connectivity index (χ2v) is 7.68. The Morgan fingerprint density at radius 3 is 1.21 bits per heavy atom. The van der Waals surface area contributed by atoms with Gasteiger partial charge in [-0.1, -0.05) is 118 Å². The van der Waals surface area contributed by atoms with E-state index in [1.54, 1.807) is 11.1 Å². The van der Waals surface area contributed by atoms with Crippen LogP contribution in [0, 0.1) is 12.2 Å². The molecule has 0 radical (unpaired) electrons. The summed E-state index contributed by atoms with van der Waals surface area (Å²) < 4.78 is 0. The summed E-state index contributed by atoms with van der Waals surface area (Å²) in [4.78, 5) is 0. The summed E-state index contributed by atoms with van der Waals surface area (Å²) in [6, 6.07) is 0. The van der Waals surface area contributed by atoms with E-state index < -0.39 is 0 Å². The van der Waals surface area contributed by atoms with Gasteiger partial charge in [-0.2, -0.15) is 12.2 Å². The van der Waals surface area contributed by atoms with Crippen molar-refractivity contribution in [2.75, 3.05) is 0 Å².